The summed E-state index contributed by atoms with van der Waals surface area (Å²) in [6.07, 6.45) is 0.352. The van der Waals surface area contributed by atoms with Gasteiger partial charge in [0, 0.05) is 32.8 Å². The molecule has 3 fully saturated rings. The third-order valence-electron chi connectivity index (χ3n) is 5.61. The maximum Gasteiger partial charge on any atom is 0.219 e. The second-order valence-corrected chi connectivity index (χ2v) is 11.3. The van der Waals surface area contributed by atoms with Crippen molar-refractivity contribution < 1.29 is 26.3 Å². The molecule has 0 bridgehead atoms. The monoisotopic (exact) mass is 396 g/mol. The lowest BCUT2D eigenvalue weighted by Gasteiger charge is -2.45. The first kappa shape index (κ1) is 19.5. The largest absolute Gasteiger partial charge is 0.377 e. The van der Waals surface area contributed by atoms with Gasteiger partial charge in [-0.2, -0.15) is 8.61 Å². The van der Waals surface area contributed by atoms with Crippen molar-refractivity contribution in [3.05, 3.63) is 0 Å². The van der Waals surface area contributed by atoms with Crippen molar-refractivity contribution in [2.24, 2.45) is 0 Å². The van der Waals surface area contributed by atoms with Crippen LogP contribution in [0.1, 0.15) is 33.6 Å². The van der Waals surface area contributed by atoms with Gasteiger partial charge in [-0.3, -0.25) is 0 Å². The Morgan fingerprint density at radius 3 is 1.92 bits per heavy atom. The van der Waals surface area contributed by atoms with Gasteiger partial charge in [-0.25, -0.2) is 16.8 Å². The second kappa shape index (κ2) is 7.05. The molecule has 3 saturated heterocycles. The smallest absolute Gasteiger partial charge is 0.219 e. The van der Waals surface area contributed by atoms with Gasteiger partial charge in [-0.05, 0) is 26.7 Å². The molecule has 0 N–H and O–H groups in total. The fraction of sp³-hybridized carbons (Fsp3) is 1.00. The van der Waals surface area contributed by atoms with E-state index >= 15 is 0 Å². The highest BCUT2D eigenvalue weighted by atomic mass is 32.2. The van der Waals surface area contributed by atoms with Crippen LogP contribution in [-0.2, 0) is 29.5 Å². The van der Waals surface area contributed by atoms with Crippen LogP contribution in [0, 0.1) is 0 Å². The van der Waals surface area contributed by atoms with Gasteiger partial charge >= 0.3 is 0 Å². The summed E-state index contributed by atoms with van der Waals surface area (Å²) < 4.78 is 64.9. The Balaban J connectivity index is 1.68. The van der Waals surface area contributed by atoms with Crippen molar-refractivity contribution in [1.82, 2.24) is 8.61 Å². The van der Waals surface area contributed by atoms with Gasteiger partial charge in [0.05, 0.1) is 18.2 Å². The molecule has 146 valence electrons. The van der Waals surface area contributed by atoms with Crippen LogP contribution < -0.4 is 0 Å². The summed E-state index contributed by atoms with van der Waals surface area (Å²) in [6.45, 7) is 7.04. The highest BCUT2D eigenvalue weighted by molar-refractivity contribution is 7.90. The Labute approximate surface area is 150 Å². The molecular formula is C15H28N2O6S2. The minimum atomic E-state index is -3.50. The summed E-state index contributed by atoms with van der Waals surface area (Å²) in [5.74, 6) is 0. The maximum atomic E-state index is 12.9. The Hall–Kier alpha value is -0.260. The van der Waals surface area contributed by atoms with Gasteiger partial charge in [0.2, 0.25) is 20.0 Å². The summed E-state index contributed by atoms with van der Waals surface area (Å²) >= 11 is 0. The molecule has 0 amide bonds. The van der Waals surface area contributed by atoms with Crippen molar-refractivity contribution in [2.75, 3.05) is 32.8 Å². The molecule has 0 aromatic heterocycles. The Morgan fingerprint density at radius 2 is 1.48 bits per heavy atom. The van der Waals surface area contributed by atoms with E-state index in [1.807, 2.05) is 0 Å². The van der Waals surface area contributed by atoms with Crippen LogP contribution in [0.2, 0.25) is 0 Å². The molecule has 3 rings (SSSR count). The second-order valence-electron chi connectivity index (χ2n) is 7.07. The van der Waals surface area contributed by atoms with Crippen molar-refractivity contribution in [3.8, 4) is 0 Å². The lowest BCUT2D eigenvalue weighted by atomic mass is 10.2. The Morgan fingerprint density at radius 1 is 0.960 bits per heavy atom. The fourth-order valence-electron chi connectivity index (χ4n) is 4.02. The predicted molar refractivity (Wildman–Crippen MR) is 93.2 cm³/mol. The molecule has 0 aromatic rings. The van der Waals surface area contributed by atoms with E-state index < -0.39 is 30.5 Å². The molecule has 3 heterocycles. The highest BCUT2D eigenvalue weighted by Gasteiger charge is 2.49. The zero-order valence-electron chi connectivity index (χ0n) is 15.0. The molecule has 8 nitrogen and oxygen atoms in total. The molecule has 4 unspecified atom stereocenters. The maximum absolute atomic E-state index is 12.9. The van der Waals surface area contributed by atoms with E-state index in [0.29, 0.717) is 32.6 Å². The first-order chi connectivity index (χ1) is 11.7. The minimum Gasteiger partial charge on any atom is -0.377 e. The lowest BCUT2D eigenvalue weighted by molar-refractivity contribution is 0.119. The van der Waals surface area contributed by atoms with Crippen molar-refractivity contribution in [2.45, 2.75) is 62.4 Å². The van der Waals surface area contributed by atoms with E-state index in [2.05, 4.69) is 0 Å². The summed E-state index contributed by atoms with van der Waals surface area (Å²) in [4.78, 5) is 0. The van der Waals surface area contributed by atoms with Crippen LogP contribution in [0.15, 0.2) is 0 Å². The molecule has 3 aliphatic rings. The van der Waals surface area contributed by atoms with Crippen molar-refractivity contribution >= 4 is 20.0 Å². The zero-order valence-corrected chi connectivity index (χ0v) is 16.6. The van der Waals surface area contributed by atoms with E-state index in [0.717, 1.165) is 0 Å². The van der Waals surface area contributed by atoms with Crippen LogP contribution in [-0.4, -0.2) is 87.0 Å². The topological polar surface area (TPSA) is 93.2 Å². The predicted octanol–water partition coefficient (Wildman–Crippen LogP) is 0.00690. The zero-order chi connectivity index (χ0) is 18.4. The van der Waals surface area contributed by atoms with Gasteiger partial charge < -0.3 is 9.47 Å². The highest BCUT2D eigenvalue weighted by Crippen LogP contribution is 2.31. The van der Waals surface area contributed by atoms with Crippen molar-refractivity contribution in [1.29, 1.82) is 0 Å². The Bertz CT molecular complexity index is 689. The van der Waals surface area contributed by atoms with Gasteiger partial charge in [0.25, 0.3) is 0 Å². The van der Waals surface area contributed by atoms with E-state index in [9.17, 15) is 16.8 Å². The quantitative estimate of drug-likeness (QED) is 0.628. The molecule has 0 aliphatic carbocycles. The van der Waals surface area contributed by atoms with E-state index in [1.165, 1.54) is 8.61 Å². The molecule has 0 radical (unpaired) electrons. The van der Waals surface area contributed by atoms with Gasteiger partial charge in [-0.15, -0.1) is 0 Å². The molecule has 10 heteroatoms. The first-order valence-electron chi connectivity index (χ1n) is 8.92. The number of likely N-dealkylation sites (N-methyl/N-ethyl adjacent to an activating group) is 1. The third kappa shape index (κ3) is 3.37. The number of hydrogen-bond acceptors (Lipinski definition) is 6. The average Bonchev–Trinajstić information content (AvgIpc) is 3.10. The number of ether oxygens (including phenoxy) is 2. The number of sulfonamides is 2. The number of hydrogen-bond donors (Lipinski definition) is 0. The van der Waals surface area contributed by atoms with Crippen LogP contribution in [0.5, 0.6) is 0 Å². The van der Waals surface area contributed by atoms with Crippen molar-refractivity contribution in [3.63, 3.8) is 0 Å². The average molecular weight is 397 g/mol. The lowest BCUT2D eigenvalue weighted by Crippen LogP contribution is -2.64. The molecule has 0 saturated carbocycles. The normalized spacial score (nSPS) is 35.4. The summed E-state index contributed by atoms with van der Waals surface area (Å²) in [5.41, 5.74) is 0. The Kier molecular flexibility index (Phi) is 5.50. The number of nitrogens with zero attached hydrogens (tertiary/aromatic N) is 2. The minimum absolute atomic E-state index is 0.223. The summed E-state index contributed by atoms with van der Waals surface area (Å²) in [6, 6.07) is -0.296. The van der Waals surface area contributed by atoms with Crippen LogP contribution in [0.4, 0.5) is 0 Å². The van der Waals surface area contributed by atoms with Crippen LogP contribution in [0.3, 0.4) is 0 Å². The summed E-state index contributed by atoms with van der Waals surface area (Å²) in [7, 11) is -6.94. The number of rotatable bonds is 6. The molecule has 3 aliphatic heterocycles. The van der Waals surface area contributed by atoms with Crippen LogP contribution in [0.25, 0.3) is 0 Å². The summed E-state index contributed by atoms with van der Waals surface area (Å²) in [5, 5.41) is -1.07. The van der Waals surface area contributed by atoms with Gasteiger partial charge in [-0.1, -0.05) is 6.92 Å². The molecule has 25 heavy (non-hydrogen) atoms. The van der Waals surface area contributed by atoms with E-state index in [1.54, 1.807) is 20.8 Å². The molecule has 0 spiro atoms. The molecular weight excluding hydrogens is 368 g/mol. The van der Waals surface area contributed by atoms with Gasteiger partial charge in [0.1, 0.15) is 10.5 Å². The molecule has 0 aromatic carbocycles. The van der Waals surface area contributed by atoms with Gasteiger partial charge in [0.15, 0.2) is 0 Å². The fourth-order valence-corrected chi connectivity index (χ4v) is 8.34. The van der Waals surface area contributed by atoms with Crippen LogP contribution >= 0.6 is 0 Å². The van der Waals surface area contributed by atoms with E-state index in [4.69, 9.17) is 9.47 Å². The third-order valence-corrected chi connectivity index (χ3v) is 10.6. The first-order valence-corrected chi connectivity index (χ1v) is 11.9. The SMILES string of the molecule is CCN(C1CN(S(=O)(=O)C2CCOC2C)C1)S(=O)(=O)C1CCOC1C. The molecule has 4 atom stereocenters. The van der Waals surface area contributed by atoms with E-state index in [-0.39, 0.29) is 31.3 Å². The standard InChI is InChI=1S/C15H28N2O6S2/c1-4-17(25(20,21)15-6-8-23-12(15)3)13-9-16(10-13)24(18,19)14-5-7-22-11(14)2/h11-15H,4-10H2,1-3H3.